The highest BCUT2D eigenvalue weighted by molar-refractivity contribution is 5.79. The number of benzene rings is 2. The summed E-state index contributed by atoms with van der Waals surface area (Å²) in [6.07, 6.45) is -0.329. The van der Waals surface area contributed by atoms with Gasteiger partial charge in [-0.1, -0.05) is 48.5 Å². The molecule has 1 amide bonds. The Labute approximate surface area is 164 Å². The Kier molecular flexibility index (Phi) is 5.05. The third-order valence-electron chi connectivity index (χ3n) is 5.81. The molecule has 0 radical (unpaired) electrons. The zero-order valence-corrected chi connectivity index (χ0v) is 15.9. The minimum Gasteiger partial charge on any atom is -0.480 e. The summed E-state index contributed by atoms with van der Waals surface area (Å²) in [4.78, 5) is 27.2. The lowest BCUT2D eigenvalue weighted by Gasteiger charge is -2.36. The summed E-state index contributed by atoms with van der Waals surface area (Å²) in [6.45, 7) is 4.02. The Hall–Kier alpha value is -2.86. The van der Waals surface area contributed by atoms with Crippen LogP contribution in [0, 0.1) is 0 Å². The molecule has 0 spiro atoms. The zero-order chi connectivity index (χ0) is 19.7. The van der Waals surface area contributed by atoms with E-state index >= 15 is 0 Å². The molecule has 6 heteroatoms. The quantitative estimate of drug-likeness (QED) is 0.883. The van der Waals surface area contributed by atoms with Gasteiger partial charge in [-0.3, -0.25) is 9.69 Å². The summed E-state index contributed by atoms with van der Waals surface area (Å²) in [6, 6.07) is 16.0. The lowest BCUT2D eigenvalue weighted by atomic mass is 9.98. The molecule has 1 atom stereocenters. The van der Waals surface area contributed by atoms with Crippen LogP contribution in [-0.4, -0.2) is 65.8 Å². The number of hydrogen-bond acceptors (Lipinski definition) is 4. The molecule has 1 unspecified atom stereocenters. The molecule has 1 aliphatic carbocycles. The Morgan fingerprint density at radius 1 is 1.00 bits per heavy atom. The van der Waals surface area contributed by atoms with Gasteiger partial charge in [0.2, 0.25) is 0 Å². The van der Waals surface area contributed by atoms with Gasteiger partial charge < -0.3 is 14.7 Å². The highest BCUT2D eigenvalue weighted by atomic mass is 16.6. The van der Waals surface area contributed by atoms with E-state index in [0.717, 1.165) is 0 Å². The molecule has 146 valence electrons. The van der Waals surface area contributed by atoms with E-state index in [0.29, 0.717) is 32.8 Å². The molecule has 1 heterocycles. The first-order chi connectivity index (χ1) is 13.6. The summed E-state index contributed by atoms with van der Waals surface area (Å²) in [5.41, 5.74) is 4.79. The van der Waals surface area contributed by atoms with E-state index in [1.54, 1.807) is 11.8 Å². The van der Waals surface area contributed by atoms with E-state index < -0.39 is 12.0 Å². The molecule has 2 aromatic carbocycles. The number of fused-ring (bicyclic) bond motifs is 3. The molecule has 0 aromatic heterocycles. The zero-order valence-electron chi connectivity index (χ0n) is 15.9. The summed E-state index contributed by atoms with van der Waals surface area (Å²) in [5.74, 6) is -0.792. The normalized spacial score (nSPS) is 17.7. The van der Waals surface area contributed by atoms with E-state index in [4.69, 9.17) is 9.84 Å². The van der Waals surface area contributed by atoms with Gasteiger partial charge in [0.15, 0.2) is 0 Å². The molecule has 1 saturated heterocycles. The lowest BCUT2D eigenvalue weighted by molar-refractivity contribution is -0.143. The fourth-order valence-electron chi connectivity index (χ4n) is 4.13. The van der Waals surface area contributed by atoms with Gasteiger partial charge in [-0.25, -0.2) is 4.79 Å². The predicted molar refractivity (Wildman–Crippen MR) is 105 cm³/mol. The van der Waals surface area contributed by atoms with E-state index in [1.165, 1.54) is 22.3 Å². The average molecular weight is 380 g/mol. The molecule has 0 bridgehead atoms. The van der Waals surface area contributed by atoms with Crippen LogP contribution in [0.4, 0.5) is 4.79 Å². The lowest BCUT2D eigenvalue weighted by Crippen LogP contribution is -2.53. The smallest absolute Gasteiger partial charge is 0.409 e. The van der Waals surface area contributed by atoms with Gasteiger partial charge in [0.05, 0.1) is 0 Å². The Morgan fingerprint density at radius 3 is 2.07 bits per heavy atom. The van der Waals surface area contributed by atoms with Crippen LogP contribution in [0.2, 0.25) is 0 Å². The Balaban J connectivity index is 1.39. The van der Waals surface area contributed by atoms with Crippen molar-refractivity contribution in [2.45, 2.75) is 18.9 Å². The fourth-order valence-corrected chi connectivity index (χ4v) is 4.13. The van der Waals surface area contributed by atoms with Crippen LogP contribution in [-0.2, 0) is 9.53 Å². The van der Waals surface area contributed by atoms with Crippen LogP contribution in [0.1, 0.15) is 24.0 Å². The Bertz CT molecular complexity index is 844. The molecule has 1 N–H and O–H groups in total. The van der Waals surface area contributed by atoms with Crippen molar-refractivity contribution in [2.75, 3.05) is 32.8 Å². The maximum Gasteiger partial charge on any atom is 0.409 e. The summed E-state index contributed by atoms with van der Waals surface area (Å²) >= 11 is 0. The number of rotatable bonds is 4. The number of ether oxygens (including phenoxy) is 1. The van der Waals surface area contributed by atoms with Crippen molar-refractivity contribution in [3.63, 3.8) is 0 Å². The second kappa shape index (κ2) is 7.64. The molecule has 1 fully saturated rings. The standard InChI is InChI=1S/C22H24N2O4/c1-15(21(25)26)23-10-12-24(13-11-23)22(27)28-14-20-18-8-4-2-6-16(18)17-7-3-5-9-19(17)20/h2-9,15,20H,10-14H2,1H3,(H,25,26). The number of carbonyl (C=O) groups excluding carboxylic acids is 1. The van der Waals surface area contributed by atoms with Crippen LogP contribution in [0.5, 0.6) is 0 Å². The SMILES string of the molecule is CC(C(=O)O)N1CCN(C(=O)OCC2c3ccccc3-c3ccccc32)CC1. The Morgan fingerprint density at radius 2 is 1.54 bits per heavy atom. The van der Waals surface area contributed by atoms with E-state index in [9.17, 15) is 9.59 Å². The van der Waals surface area contributed by atoms with Gasteiger partial charge in [-0.15, -0.1) is 0 Å². The highest BCUT2D eigenvalue weighted by Gasteiger charge is 2.31. The van der Waals surface area contributed by atoms with Crippen molar-refractivity contribution in [3.05, 3.63) is 59.7 Å². The predicted octanol–water partition coefficient (Wildman–Crippen LogP) is 3.03. The van der Waals surface area contributed by atoms with Crippen molar-refractivity contribution in [3.8, 4) is 11.1 Å². The minimum absolute atomic E-state index is 0.0460. The maximum atomic E-state index is 12.6. The molecule has 2 aliphatic rings. The number of hydrogen-bond donors (Lipinski definition) is 1. The van der Waals surface area contributed by atoms with Gasteiger partial charge in [0.1, 0.15) is 12.6 Å². The van der Waals surface area contributed by atoms with Crippen molar-refractivity contribution >= 4 is 12.1 Å². The van der Waals surface area contributed by atoms with Crippen molar-refractivity contribution in [1.82, 2.24) is 9.80 Å². The molecule has 28 heavy (non-hydrogen) atoms. The molecule has 1 aliphatic heterocycles. The number of carboxylic acid groups (broad SMARTS) is 1. The van der Waals surface area contributed by atoms with Crippen LogP contribution >= 0.6 is 0 Å². The fraction of sp³-hybridized carbons (Fsp3) is 0.364. The first-order valence-electron chi connectivity index (χ1n) is 9.63. The third-order valence-corrected chi connectivity index (χ3v) is 5.81. The second-order valence-electron chi connectivity index (χ2n) is 7.34. The van der Waals surface area contributed by atoms with Crippen molar-refractivity contribution < 1.29 is 19.4 Å². The number of carboxylic acids is 1. The van der Waals surface area contributed by atoms with Crippen molar-refractivity contribution in [1.29, 1.82) is 0 Å². The number of aliphatic carboxylic acids is 1. The van der Waals surface area contributed by atoms with Gasteiger partial charge in [-0.05, 0) is 29.2 Å². The first-order valence-corrected chi connectivity index (χ1v) is 9.63. The van der Waals surface area contributed by atoms with E-state index in [-0.39, 0.29) is 12.0 Å². The largest absolute Gasteiger partial charge is 0.480 e. The second-order valence-corrected chi connectivity index (χ2v) is 7.34. The monoisotopic (exact) mass is 380 g/mol. The summed E-state index contributed by atoms with van der Waals surface area (Å²) in [5, 5.41) is 9.13. The first kappa shape index (κ1) is 18.5. The van der Waals surface area contributed by atoms with E-state index in [1.807, 2.05) is 29.2 Å². The molecule has 6 nitrogen and oxygen atoms in total. The number of piperazine rings is 1. The minimum atomic E-state index is -0.838. The average Bonchev–Trinajstić information content (AvgIpc) is 3.05. The number of amides is 1. The van der Waals surface area contributed by atoms with Crippen molar-refractivity contribution in [2.24, 2.45) is 0 Å². The molecule has 2 aromatic rings. The molecular formula is C22H24N2O4. The third kappa shape index (κ3) is 3.36. The van der Waals surface area contributed by atoms with E-state index in [2.05, 4.69) is 24.3 Å². The van der Waals surface area contributed by atoms with Crippen LogP contribution < -0.4 is 0 Å². The van der Waals surface area contributed by atoms with Gasteiger partial charge in [0.25, 0.3) is 0 Å². The van der Waals surface area contributed by atoms with Crippen LogP contribution in [0.3, 0.4) is 0 Å². The maximum absolute atomic E-state index is 12.6. The highest BCUT2D eigenvalue weighted by Crippen LogP contribution is 2.44. The van der Waals surface area contributed by atoms with Gasteiger partial charge >= 0.3 is 12.1 Å². The van der Waals surface area contributed by atoms with Gasteiger partial charge in [0, 0.05) is 32.1 Å². The molecule has 0 saturated carbocycles. The summed E-state index contributed by atoms with van der Waals surface area (Å²) in [7, 11) is 0. The van der Waals surface area contributed by atoms with Crippen LogP contribution in [0.25, 0.3) is 11.1 Å². The van der Waals surface area contributed by atoms with Crippen LogP contribution in [0.15, 0.2) is 48.5 Å². The summed E-state index contributed by atoms with van der Waals surface area (Å²) < 4.78 is 5.67. The number of carbonyl (C=O) groups is 2. The van der Waals surface area contributed by atoms with Gasteiger partial charge in [-0.2, -0.15) is 0 Å². The molecular weight excluding hydrogens is 356 g/mol. The topological polar surface area (TPSA) is 70.1 Å². The molecule has 4 rings (SSSR count). The number of nitrogens with zero attached hydrogens (tertiary/aromatic N) is 2.